The second-order valence-electron chi connectivity index (χ2n) is 5.83. The van der Waals surface area contributed by atoms with Gasteiger partial charge in [0.15, 0.2) is 11.5 Å². The van der Waals surface area contributed by atoms with E-state index in [1.165, 1.54) is 18.9 Å². The average molecular weight is 267 g/mol. The van der Waals surface area contributed by atoms with Gasteiger partial charge >= 0.3 is 0 Å². The highest BCUT2D eigenvalue weighted by Gasteiger charge is 2.27. The highest BCUT2D eigenvalue weighted by atomic mass is 16.3. The van der Waals surface area contributed by atoms with E-state index in [1.807, 2.05) is 12.3 Å². The molecule has 0 amide bonds. The largest absolute Gasteiger partial charge is 0.504 e. The molecule has 1 heterocycles. The number of fused-ring (bicyclic) bond motifs is 1. The zero-order valence-electron chi connectivity index (χ0n) is 11.5. The molecule has 2 aromatic rings. The maximum Gasteiger partial charge on any atom is 0.159 e. The average Bonchev–Trinajstić information content (AvgIpc) is 2.65. The van der Waals surface area contributed by atoms with Gasteiger partial charge in [0.1, 0.15) is 0 Å². The van der Waals surface area contributed by atoms with Crippen LogP contribution in [0.5, 0.6) is 11.5 Å². The molecule has 20 heavy (non-hydrogen) atoms. The Labute approximate surface area is 120 Å². The molecule has 3 rings (SSSR count). The van der Waals surface area contributed by atoms with Crippen molar-refractivity contribution >= 4 is 18.7 Å². The topological polar surface area (TPSA) is 53.4 Å². The van der Waals surface area contributed by atoms with E-state index in [1.54, 1.807) is 6.07 Å². The Morgan fingerprint density at radius 3 is 2.30 bits per heavy atom. The molecule has 2 radical (unpaired) electrons. The van der Waals surface area contributed by atoms with Gasteiger partial charge in [0, 0.05) is 17.6 Å². The van der Waals surface area contributed by atoms with Gasteiger partial charge in [-0.05, 0) is 23.0 Å². The highest BCUT2D eigenvalue weighted by Crippen LogP contribution is 2.37. The normalized spacial score (nSPS) is 18.8. The van der Waals surface area contributed by atoms with Crippen LogP contribution in [0, 0.1) is 0 Å². The van der Waals surface area contributed by atoms with Crippen LogP contribution in [-0.4, -0.2) is 23.0 Å². The molecule has 4 heteroatoms. The number of hydrogen-bond donors (Lipinski definition) is 2. The number of pyridine rings is 1. The molecule has 0 aliphatic heterocycles. The van der Waals surface area contributed by atoms with Crippen LogP contribution in [0.4, 0.5) is 0 Å². The second-order valence-corrected chi connectivity index (χ2v) is 5.83. The van der Waals surface area contributed by atoms with Crippen molar-refractivity contribution in [2.75, 3.05) is 0 Å². The molecule has 1 aromatic carbocycles. The first kappa shape index (κ1) is 13.3. The number of benzene rings is 1. The number of nitrogens with zero attached hydrogens (tertiary/aromatic N) is 1. The quantitative estimate of drug-likeness (QED) is 0.473. The summed E-state index contributed by atoms with van der Waals surface area (Å²) in [6, 6.07) is 5.01. The van der Waals surface area contributed by atoms with Crippen LogP contribution in [0.1, 0.15) is 44.1 Å². The Balaban J connectivity index is 2.05. The molecule has 1 aromatic heterocycles. The van der Waals surface area contributed by atoms with Gasteiger partial charge in [-0.2, -0.15) is 0 Å². The van der Waals surface area contributed by atoms with E-state index >= 15 is 0 Å². The third-order valence-electron chi connectivity index (χ3n) is 4.35. The first-order valence-corrected chi connectivity index (χ1v) is 7.20. The minimum absolute atomic E-state index is 0.122. The summed E-state index contributed by atoms with van der Waals surface area (Å²) >= 11 is 0. The monoisotopic (exact) mass is 267 g/mol. The van der Waals surface area contributed by atoms with E-state index < -0.39 is 0 Å². The molecule has 1 aliphatic carbocycles. The lowest BCUT2D eigenvalue weighted by molar-refractivity contribution is 0.405. The van der Waals surface area contributed by atoms with Crippen molar-refractivity contribution in [2.45, 2.75) is 43.8 Å². The number of aromatic hydroxyl groups is 2. The Morgan fingerprint density at radius 1 is 0.950 bits per heavy atom. The third kappa shape index (κ3) is 2.35. The minimum Gasteiger partial charge on any atom is -0.504 e. The van der Waals surface area contributed by atoms with Crippen LogP contribution < -0.4 is 0 Å². The van der Waals surface area contributed by atoms with Crippen LogP contribution in [0.2, 0.25) is 0 Å². The van der Waals surface area contributed by atoms with Crippen LogP contribution in [0.25, 0.3) is 10.9 Å². The van der Waals surface area contributed by atoms with Crippen molar-refractivity contribution in [2.24, 2.45) is 0 Å². The summed E-state index contributed by atoms with van der Waals surface area (Å²) in [7, 11) is 6.59. The molecule has 0 saturated heterocycles. The van der Waals surface area contributed by atoms with Gasteiger partial charge in [0.05, 0.1) is 13.4 Å². The van der Waals surface area contributed by atoms with Gasteiger partial charge in [-0.3, -0.25) is 4.98 Å². The number of aromatic nitrogens is 1. The smallest absolute Gasteiger partial charge is 0.159 e. The van der Waals surface area contributed by atoms with E-state index in [-0.39, 0.29) is 16.8 Å². The van der Waals surface area contributed by atoms with Crippen LogP contribution in [-0.2, 0) is 5.31 Å². The van der Waals surface area contributed by atoms with Gasteiger partial charge in [0.25, 0.3) is 0 Å². The zero-order chi connectivity index (χ0) is 14.2. The lowest BCUT2D eigenvalue weighted by Crippen LogP contribution is -2.25. The summed E-state index contributed by atoms with van der Waals surface area (Å²) in [6.07, 6.45) is 8.55. The number of phenols is 2. The first-order chi connectivity index (χ1) is 9.58. The Morgan fingerprint density at radius 2 is 1.60 bits per heavy atom. The van der Waals surface area contributed by atoms with Gasteiger partial charge < -0.3 is 10.2 Å². The molecule has 1 saturated carbocycles. The maximum absolute atomic E-state index is 9.62. The second kappa shape index (κ2) is 5.00. The predicted octanol–water partition coefficient (Wildman–Crippen LogP) is 3.36. The Kier molecular flexibility index (Phi) is 3.32. The van der Waals surface area contributed by atoms with Crippen molar-refractivity contribution in [1.29, 1.82) is 0 Å². The van der Waals surface area contributed by atoms with E-state index in [2.05, 4.69) is 4.98 Å². The number of phenolic OH excluding ortho intramolecular Hbond substituents is 2. The van der Waals surface area contributed by atoms with Gasteiger partial charge in [-0.15, -0.1) is 0 Å². The summed E-state index contributed by atoms with van der Waals surface area (Å²) in [5, 5.41) is 19.6. The number of rotatable bonds is 1. The molecule has 0 atom stereocenters. The minimum atomic E-state index is -0.314. The highest BCUT2D eigenvalue weighted by molar-refractivity contribution is 6.16. The van der Waals surface area contributed by atoms with Crippen molar-refractivity contribution in [3.05, 3.63) is 30.0 Å². The Bertz CT molecular complexity index is 634. The summed E-state index contributed by atoms with van der Waals surface area (Å²) in [5.74, 6) is -0.266. The van der Waals surface area contributed by atoms with Crippen molar-refractivity contribution < 1.29 is 10.2 Å². The summed E-state index contributed by atoms with van der Waals surface area (Å²) in [5.41, 5.74) is 1.69. The van der Waals surface area contributed by atoms with Gasteiger partial charge in [0.2, 0.25) is 0 Å². The van der Waals surface area contributed by atoms with Gasteiger partial charge in [-0.1, -0.05) is 38.5 Å². The van der Waals surface area contributed by atoms with Crippen LogP contribution >= 0.6 is 0 Å². The van der Waals surface area contributed by atoms with Crippen LogP contribution in [0.15, 0.2) is 24.4 Å². The fourth-order valence-electron chi connectivity index (χ4n) is 3.07. The molecule has 0 bridgehead atoms. The molecule has 1 aliphatic rings. The molecular formula is C16H18BNO2. The summed E-state index contributed by atoms with van der Waals surface area (Å²) in [6.45, 7) is 0. The molecular weight excluding hydrogens is 249 g/mol. The molecule has 102 valence electrons. The zero-order valence-corrected chi connectivity index (χ0v) is 11.5. The molecule has 0 spiro atoms. The van der Waals surface area contributed by atoms with E-state index in [4.69, 9.17) is 7.85 Å². The van der Waals surface area contributed by atoms with E-state index in [0.717, 1.165) is 36.6 Å². The lowest BCUT2D eigenvalue weighted by atomic mass is 9.60. The molecule has 1 fully saturated rings. The fourth-order valence-corrected chi connectivity index (χ4v) is 3.07. The van der Waals surface area contributed by atoms with Crippen LogP contribution in [0.3, 0.4) is 0 Å². The summed E-state index contributed by atoms with van der Waals surface area (Å²) in [4.78, 5) is 4.38. The fraction of sp³-hybridized carbons (Fsp3) is 0.438. The van der Waals surface area contributed by atoms with Crippen molar-refractivity contribution in [3.63, 3.8) is 0 Å². The predicted molar refractivity (Wildman–Crippen MR) is 80.2 cm³/mol. The number of hydrogen-bond acceptors (Lipinski definition) is 3. The van der Waals surface area contributed by atoms with Gasteiger partial charge in [-0.25, -0.2) is 0 Å². The molecule has 3 nitrogen and oxygen atoms in total. The van der Waals surface area contributed by atoms with E-state index in [0.29, 0.717) is 5.52 Å². The van der Waals surface area contributed by atoms with Crippen molar-refractivity contribution in [3.8, 4) is 11.5 Å². The lowest BCUT2D eigenvalue weighted by Gasteiger charge is -2.29. The standard InChI is InChI=1S/C16H18BNO2/c17-16(5-3-1-2-4-6-16)12-7-11-8-14(19)15(20)9-13(11)18-10-12/h7-10,19-20H,1-6H2. The van der Waals surface area contributed by atoms with E-state index in [9.17, 15) is 10.2 Å². The Hall–Kier alpha value is -1.71. The molecule has 0 unspecified atom stereocenters. The van der Waals surface area contributed by atoms with Crippen molar-refractivity contribution in [1.82, 2.24) is 4.98 Å². The third-order valence-corrected chi connectivity index (χ3v) is 4.35. The SMILES string of the molecule is [B]C1(c2cnc3cc(O)c(O)cc3c2)CCCCCC1. The first-order valence-electron chi connectivity index (χ1n) is 7.20. The summed E-state index contributed by atoms with van der Waals surface area (Å²) < 4.78 is 0. The molecule has 2 N–H and O–H groups in total. The maximum atomic E-state index is 9.62.